The van der Waals surface area contributed by atoms with Gasteiger partial charge in [0.2, 0.25) is 0 Å². The van der Waals surface area contributed by atoms with Gasteiger partial charge in [0.1, 0.15) is 0 Å². The Kier molecular flexibility index (Phi) is 5.42. The molecule has 1 aliphatic heterocycles. The highest BCUT2D eigenvalue weighted by atomic mass is 127. The Morgan fingerprint density at radius 1 is 1.16 bits per heavy atom. The first-order valence-electron chi connectivity index (χ1n) is 6.93. The molecule has 12 heteroatoms. The Labute approximate surface area is 162 Å². The van der Waals surface area contributed by atoms with Crippen LogP contribution in [0.25, 0.3) is 0 Å². The average molecular weight is 512 g/mol. The molecule has 25 heavy (non-hydrogen) atoms. The number of hydrogen-bond donors (Lipinski definition) is 0. The first kappa shape index (κ1) is 21.1. The number of benzene rings is 1. The molecule has 5 nitrogen and oxygen atoms in total. The standard InChI is InChI=1S/C13H14BClF3IO5S/c1-11(2)12(3,4)24-14(23-11)7-5-8(15)10(9(19)6-7)22-25(20,21)13(16,17)18/h5-6H,1-4H3. The molecular formula is C13H14BClF3IO5S. The van der Waals surface area contributed by atoms with Crippen LogP contribution in [0.3, 0.4) is 0 Å². The van der Waals surface area contributed by atoms with Gasteiger partial charge in [-0.3, -0.25) is 0 Å². The zero-order chi connectivity index (χ0) is 19.4. The van der Waals surface area contributed by atoms with Crippen LogP contribution in [-0.4, -0.2) is 32.2 Å². The first-order valence-corrected chi connectivity index (χ1v) is 9.79. The minimum absolute atomic E-state index is 0.0719. The molecule has 0 bridgehead atoms. The fourth-order valence-electron chi connectivity index (χ4n) is 1.93. The van der Waals surface area contributed by atoms with Crippen LogP contribution in [0.2, 0.25) is 5.02 Å². The van der Waals surface area contributed by atoms with E-state index in [-0.39, 0.29) is 8.59 Å². The van der Waals surface area contributed by atoms with E-state index in [2.05, 4.69) is 4.18 Å². The van der Waals surface area contributed by atoms with Crippen molar-refractivity contribution in [3.8, 4) is 5.75 Å². The van der Waals surface area contributed by atoms with Crippen molar-refractivity contribution in [1.29, 1.82) is 0 Å². The van der Waals surface area contributed by atoms with Gasteiger partial charge in [-0.05, 0) is 67.9 Å². The van der Waals surface area contributed by atoms with E-state index in [0.29, 0.717) is 5.46 Å². The van der Waals surface area contributed by atoms with E-state index < -0.39 is 39.7 Å². The van der Waals surface area contributed by atoms with Gasteiger partial charge in [0.25, 0.3) is 0 Å². The first-order chi connectivity index (χ1) is 11.1. The summed E-state index contributed by atoms with van der Waals surface area (Å²) >= 11 is 7.57. The summed E-state index contributed by atoms with van der Waals surface area (Å²) in [6, 6.07) is 2.66. The quantitative estimate of drug-likeness (QED) is 0.269. The molecule has 0 spiro atoms. The minimum Gasteiger partial charge on any atom is -0.399 e. The lowest BCUT2D eigenvalue weighted by Gasteiger charge is -2.32. The molecule has 0 N–H and O–H groups in total. The van der Waals surface area contributed by atoms with Crippen LogP contribution < -0.4 is 9.65 Å². The van der Waals surface area contributed by atoms with Gasteiger partial charge in [-0.1, -0.05) is 11.6 Å². The van der Waals surface area contributed by atoms with Crippen molar-refractivity contribution in [1.82, 2.24) is 0 Å². The maximum atomic E-state index is 12.5. The Balaban J connectivity index is 2.37. The molecule has 2 rings (SSSR count). The number of alkyl halides is 3. The minimum atomic E-state index is -5.82. The maximum absolute atomic E-state index is 12.5. The normalized spacial score (nSPS) is 20.0. The van der Waals surface area contributed by atoms with Crippen molar-refractivity contribution >= 4 is 56.9 Å². The summed E-state index contributed by atoms with van der Waals surface area (Å²) in [5.41, 5.74) is -6.36. The number of halogens is 5. The van der Waals surface area contributed by atoms with Crippen molar-refractivity contribution < 1.29 is 35.1 Å². The van der Waals surface area contributed by atoms with Crippen LogP contribution in [0.5, 0.6) is 5.75 Å². The van der Waals surface area contributed by atoms with Gasteiger partial charge < -0.3 is 13.5 Å². The second-order valence-electron chi connectivity index (χ2n) is 6.39. The average Bonchev–Trinajstić information content (AvgIpc) is 2.61. The smallest absolute Gasteiger partial charge is 0.399 e. The molecule has 1 aromatic carbocycles. The van der Waals surface area contributed by atoms with Crippen molar-refractivity contribution in [3.05, 3.63) is 20.7 Å². The third kappa shape index (κ3) is 4.04. The summed E-state index contributed by atoms with van der Waals surface area (Å²) in [7, 11) is -6.62. The van der Waals surface area contributed by atoms with E-state index in [1.165, 1.54) is 12.1 Å². The van der Waals surface area contributed by atoms with Crippen LogP contribution in [0.4, 0.5) is 13.2 Å². The molecule has 140 valence electrons. The third-order valence-corrected chi connectivity index (χ3v) is 6.06. The van der Waals surface area contributed by atoms with Gasteiger partial charge in [0.15, 0.2) is 5.75 Å². The molecule has 1 aliphatic rings. The molecule has 1 aromatic rings. The number of hydrogen-bond acceptors (Lipinski definition) is 5. The summed E-state index contributed by atoms with van der Waals surface area (Å²) in [5, 5.41) is -0.301. The van der Waals surface area contributed by atoms with Crippen molar-refractivity contribution in [2.24, 2.45) is 0 Å². The molecular weight excluding hydrogens is 498 g/mol. The van der Waals surface area contributed by atoms with Crippen molar-refractivity contribution in [2.75, 3.05) is 0 Å². The van der Waals surface area contributed by atoms with Gasteiger partial charge in [0.05, 0.1) is 19.8 Å². The van der Waals surface area contributed by atoms with Crippen LogP contribution in [0.15, 0.2) is 12.1 Å². The van der Waals surface area contributed by atoms with E-state index in [1.54, 1.807) is 22.6 Å². The topological polar surface area (TPSA) is 61.8 Å². The predicted molar refractivity (Wildman–Crippen MR) is 95.5 cm³/mol. The Morgan fingerprint density at radius 3 is 2.04 bits per heavy atom. The lowest BCUT2D eigenvalue weighted by atomic mass is 9.79. The molecule has 1 fully saturated rings. The van der Waals surface area contributed by atoms with Gasteiger partial charge in [-0.15, -0.1) is 0 Å². The predicted octanol–water partition coefficient (Wildman–Crippen LogP) is 3.47. The SMILES string of the molecule is CC1(C)OB(c2cc(Cl)c(OS(=O)(=O)C(F)(F)F)c(I)c2)OC1(C)C. The fourth-order valence-corrected chi connectivity index (χ4v) is 3.81. The van der Waals surface area contributed by atoms with E-state index in [0.717, 1.165) is 0 Å². The van der Waals surface area contributed by atoms with Crippen molar-refractivity contribution in [2.45, 2.75) is 44.4 Å². The van der Waals surface area contributed by atoms with Gasteiger partial charge >= 0.3 is 22.7 Å². The van der Waals surface area contributed by atoms with Gasteiger partial charge in [-0.25, -0.2) is 0 Å². The molecule has 0 saturated carbocycles. The van der Waals surface area contributed by atoms with Gasteiger partial charge in [0, 0.05) is 0 Å². The summed E-state index contributed by atoms with van der Waals surface area (Å²) < 4.78 is 75.7. The third-order valence-electron chi connectivity index (χ3n) is 4.02. The zero-order valence-corrected chi connectivity index (χ0v) is 17.3. The molecule has 0 aromatic heterocycles. The van der Waals surface area contributed by atoms with Crippen LogP contribution in [0.1, 0.15) is 27.7 Å². The lowest BCUT2D eigenvalue weighted by molar-refractivity contribution is -0.0500. The number of rotatable bonds is 3. The largest absolute Gasteiger partial charge is 0.534 e. The molecule has 0 amide bonds. The monoisotopic (exact) mass is 512 g/mol. The summed E-state index contributed by atoms with van der Waals surface area (Å²) in [4.78, 5) is 0. The maximum Gasteiger partial charge on any atom is 0.534 e. The van der Waals surface area contributed by atoms with Gasteiger partial charge in [-0.2, -0.15) is 21.6 Å². The molecule has 0 aliphatic carbocycles. The second-order valence-corrected chi connectivity index (χ2v) is 9.49. The summed E-state index contributed by atoms with van der Waals surface area (Å²) in [6.45, 7) is 7.36. The highest BCUT2D eigenvalue weighted by Crippen LogP contribution is 2.38. The van der Waals surface area contributed by atoms with E-state index in [9.17, 15) is 21.6 Å². The highest BCUT2D eigenvalue weighted by molar-refractivity contribution is 14.1. The highest BCUT2D eigenvalue weighted by Gasteiger charge is 2.52. The van der Waals surface area contributed by atoms with E-state index >= 15 is 0 Å². The molecule has 0 radical (unpaired) electrons. The summed E-state index contributed by atoms with van der Waals surface area (Å²) in [5.74, 6) is -0.597. The Hall–Kier alpha value is -0.235. The lowest BCUT2D eigenvalue weighted by Crippen LogP contribution is -2.41. The van der Waals surface area contributed by atoms with E-state index in [4.69, 9.17) is 20.9 Å². The van der Waals surface area contributed by atoms with Crippen molar-refractivity contribution in [3.63, 3.8) is 0 Å². The van der Waals surface area contributed by atoms with Crippen LogP contribution >= 0.6 is 34.2 Å². The second kappa shape index (κ2) is 6.43. The fraction of sp³-hybridized carbons (Fsp3) is 0.538. The molecule has 0 unspecified atom stereocenters. The Bertz CT molecular complexity index is 758. The molecule has 0 atom stereocenters. The Morgan fingerprint density at radius 2 is 1.64 bits per heavy atom. The van der Waals surface area contributed by atoms with Crippen LogP contribution in [-0.2, 0) is 19.4 Å². The van der Waals surface area contributed by atoms with Crippen LogP contribution in [0, 0.1) is 3.57 Å². The van der Waals surface area contributed by atoms with E-state index in [1.807, 2.05) is 27.7 Å². The molecule has 1 saturated heterocycles. The molecule has 1 heterocycles. The zero-order valence-electron chi connectivity index (χ0n) is 13.6. The summed E-state index contributed by atoms with van der Waals surface area (Å²) in [6.07, 6.45) is 0.